The van der Waals surface area contributed by atoms with E-state index in [-0.39, 0.29) is 11.1 Å². The first kappa shape index (κ1) is 20.3. The maximum absolute atomic E-state index is 6.45. The molecule has 0 amide bonds. The normalized spacial score (nSPS) is 15.3. The molecule has 5 nitrogen and oxygen atoms in total. The van der Waals surface area contributed by atoms with Crippen LogP contribution < -0.4 is 5.32 Å². The van der Waals surface area contributed by atoms with E-state index in [1.807, 2.05) is 29.3 Å². The number of thiazole rings is 1. The molecular weight excluding hydrogens is 348 g/mol. The molecule has 0 aliphatic heterocycles. The van der Waals surface area contributed by atoms with Crippen molar-refractivity contribution in [1.29, 1.82) is 0 Å². The zero-order valence-electron chi connectivity index (χ0n) is 16.5. The highest BCUT2D eigenvalue weighted by molar-refractivity contribution is 7.11. The smallest absolute Gasteiger partial charge is 0.193 e. The Hall–Kier alpha value is -1.02. The summed E-state index contributed by atoms with van der Waals surface area (Å²) in [5, 5.41) is 9.07. The van der Waals surface area contributed by atoms with Crippen molar-refractivity contribution in [3.8, 4) is 0 Å². The summed E-state index contributed by atoms with van der Waals surface area (Å²) in [4.78, 5) is 5.84. The fraction of sp³-hybridized carbons (Fsp3) is 0.667. The largest absolute Gasteiger partial charge is 0.408 e. The first-order valence-corrected chi connectivity index (χ1v) is 12.6. The van der Waals surface area contributed by atoms with Crippen molar-refractivity contribution in [2.45, 2.75) is 78.0 Å². The Labute approximate surface area is 157 Å². The molecule has 25 heavy (non-hydrogen) atoms. The highest BCUT2D eigenvalue weighted by Crippen LogP contribution is 2.40. The Morgan fingerprint density at radius 1 is 1.32 bits per heavy atom. The summed E-state index contributed by atoms with van der Waals surface area (Å²) >= 11 is 1.74. The lowest BCUT2D eigenvalue weighted by atomic mass is 10.2. The van der Waals surface area contributed by atoms with E-state index in [4.69, 9.17) is 4.43 Å². The van der Waals surface area contributed by atoms with E-state index in [2.05, 4.69) is 63.1 Å². The lowest BCUT2D eigenvalue weighted by Crippen LogP contribution is -2.41. The van der Waals surface area contributed by atoms with Crippen molar-refractivity contribution in [2.75, 3.05) is 0 Å². The fourth-order valence-electron chi connectivity index (χ4n) is 2.29. The fourth-order valence-corrected chi connectivity index (χ4v) is 4.57. The summed E-state index contributed by atoms with van der Waals surface area (Å²) in [5.41, 5.74) is 0. The van der Waals surface area contributed by atoms with Crippen molar-refractivity contribution in [1.82, 2.24) is 20.1 Å². The van der Waals surface area contributed by atoms with Crippen LogP contribution in [0, 0.1) is 0 Å². The average Bonchev–Trinajstić information content (AvgIpc) is 3.14. The van der Waals surface area contributed by atoms with Crippen molar-refractivity contribution in [3.63, 3.8) is 0 Å². The van der Waals surface area contributed by atoms with Crippen LogP contribution in [0.4, 0.5) is 0 Å². The Kier molecular flexibility index (Phi) is 6.59. The van der Waals surface area contributed by atoms with Gasteiger partial charge in [-0.05, 0) is 38.0 Å². The van der Waals surface area contributed by atoms with Gasteiger partial charge < -0.3 is 9.74 Å². The molecule has 0 saturated carbocycles. The van der Waals surface area contributed by atoms with E-state index in [0.29, 0.717) is 6.04 Å². The molecule has 0 saturated heterocycles. The van der Waals surface area contributed by atoms with E-state index < -0.39 is 8.32 Å². The van der Waals surface area contributed by atoms with E-state index in [1.54, 1.807) is 11.3 Å². The van der Waals surface area contributed by atoms with Gasteiger partial charge in [0.05, 0.1) is 12.6 Å². The highest BCUT2D eigenvalue weighted by atomic mass is 32.1. The molecule has 0 unspecified atom stereocenters. The maximum Gasteiger partial charge on any atom is 0.193 e. The summed E-state index contributed by atoms with van der Waals surface area (Å²) in [6, 6.07) is 2.30. The maximum atomic E-state index is 6.45. The molecule has 2 aromatic rings. The molecule has 1 N–H and O–H groups in total. The zero-order chi connectivity index (χ0) is 18.7. The number of rotatable bonds is 8. The van der Waals surface area contributed by atoms with Crippen LogP contribution in [0.15, 0.2) is 24.7 Å². The first-order chi connectivity index (χ1) is 11.6. The number of aromatic nitrogens is 3. The van der Waals surface area contributed by atoms with E-state index in [1.165, 1.54) is 4.88 Å². The number of nitrogens with zero attached hydrogens (tertiary/aromatic N) is 3. The molecule has 7 heteroatoms. The summed E-state index contributed by atoms with van der Waals surface area (Å²) in [6.07, 6.45) is 5.83. The van der Waals surface area contributed by atoms with Gasteiger partial charge in [-0.25, -0.2) is 4.98 Å². The second-order valence-electron chi connectivity index (χ2n) is 8.20. The van der Waals surface area contributed by atoms with Crippen molar-refractivity contribution >= 4 is 19.7 Å². The van der Waals surface area contributed by atoms with Crippen molar-refractivity contribution < 1.29 is 4.43 Å². The van der Waals surface area contributed by atoms with E-state index >= 15 is 0 Å². The van der Waals surface area contributed by atoms with Gasteiger partial charge >= 0.3 is 0 Å². The van der Waals surface area contributed by atoms with Crippen LogP contribution in [0.2, 0.25) is 18.1 Å². The third kappa shape index (κ3) is 5.74. The Balaban J connectivity index is 1.87. The molecule has 0 spiro atoms. The number of hydrogen-bond donors (Lipinski definition) is 1. The molecule has 0 aromatic carbocycles. The van der Waals surface area contributed by atoms with Gasteiger partial charge in [0.2, 0.25) is 0 Å². The van der Waals surface area contributed by atoms with E-state index in [9.17, 15) is 0 Å². The average molecular weight is 381 g/mol. The molecular formula is C18H32N4OSSi. The van der Waals surface area contributed by atoms with Gasteiger partial charge in [0.1, 0.15) is 5.01 Å². The molecule has 2 aromatic heterocycles. The van der Waals surface area contributed by atoms with Crippen molar-refractivity contribution in [2.24, 2.45) is 0 Å². The van der Waals surface area contributed by atoms with Gasteiger partial charge in [-0.1, -0.05) is 20.8 Å². The Morgan fingerprint density at radius 3 is 2.64 bits per heavy atom. The van der Waals surface area contributed by atoms with Crippen LogP contribution in [0.3, 0.4) is 0 Å². The van der Waals surface area contributed by atoms with E-state index in [0.717, 1.165) is 18.1 Å². The highest BCUT2D eigenvalue weighted by Gasteiger charge is 2.39. The lowest BCUT2D eigenvalue weighted by Gasteiger charge is -2.38. The van der Waals surface area contributed by atoms with Gasteiger partial charge in [-0.15, -0.1) is 11.3 Å². The second-order valence-corrected chi connectivity index (χ2v) is 14.1. The number of hydrogen-bond acceptors (Lipinski definition) is 5. The minimum Gasteiger partial charge on any atom is -0.408 e. The van der Waals surface area contributed by atoms with Gasteiger partial charge in [-0.2, -0.15) is 5.10 Å². The zero-order valence-corrected chi connectivity index (χ0v) is 18.4. The van der Waals surface area contributed by atoms with Gasteiger partial charge in [0, 0.05) is 36.1 Å². The predicted molar refractivity (Wildman–Crippen MR) is 107 cm³/mol. The molecule has 0 fully saturated rings. The lowest BCUT2D eigenvalue weighted by molar-refractivity contribution is 0.202. The standard InChI is InChI=1S/C18H32N4OSSi/c1-14(13-22-10-8-9-21-22)19-11-16-12-20-17(24-16)15(2)23-25(6,7)18(3,4)5/h8-10,12,14-15,19H,11,13H2,1-7H3/t14-,15-/m1/s1. The van der Waals surface area contributed by atoms with Crippen molar-refractivity contribution in [3.05, 3.63) is 34.5 Å². The number of nitrogens with one attached hydrogen (secondary N) is 1. The summed E-state index contributed by atoms with van der Waals surface area (Å²) in [7, 11) is -1.77. The third-order valence-corrected chi connectivity index (χ3v) is 10.6. The summed E-state index contributed by atoms with van der Waals surface area (Å²) in [6.45, 7) is 17.4. The van der Waals surface area contributed by atoms with Crippen LogP contribution in [0.25, 0.3) is 0 Å². The molecule has 0 bridgehead atoms. The molecule has 140 valence electrons. The topological polar surface area (TPSA) is 52.0 Å². The Bertz CT molecular complexity index is 648. The SMILES string of the molecule is C[C@H](Cn1cccn1)NCc1cnc([C@@H](C)O[Si](C)(C)C(C)(C)C)s1. The van der Waals surface area contributed by atoms with Crippen LogP contribution in [-0.2, 0) is 17.5 Å². The Morgan fingerprint density at radius 2 is 2.04 bits per heavy atom. The summed E-state index contributed by atoms with van der Waals surface area (Å²) < 4.78 is 8.40. The minimum atomic E-state index is -1.77. The van der Waals surface area contributed by atoms with Crippen LogP contribution >= 0.6 is 11.3 Å². The van der Waals surface area contributed by atoms with Crippen LogP contribution in [-0.4, -0.2) is 29.1 Å². The van der Waals surface area contributed by atoms with Gasteiger partial charge in [0.15, 0.2) is 8.32 Å². The third-order valence-electron chi connectivity index (χ3n) is 4.84. The molecule has 0 aliphatic carbocycles. The van der Waals surface area contributed by atoms with Crippen LogP contribution in [0.5, 0.6) is 0 Å². The van der Waals surface area contributed by atoms with Gasteiger partial charge in [0.25, 0.3) is 0 Å². The molecule has 0 aliphatic rings. The monoisotopic (exact) mass is 380 g/mol. The predicted octanol–water partition coefficient (Wildman–Crippen LogP) is 4.60. The minimum absolute atomic E-state index is 0.0566. The first-order valence-electron chi connectivity index (χ1n) is 8.92. The second kappa shape index (κ2) is 8.12. The molecule has 0 radical (unpaired) electrons. The molecule has 2 heterocycles. The summed E-state index contributed by atoms with van der Waals surface area (Å²) in [5.74, 6) is 0. The van der Waals surface area contributed by atoms with Gasteiger partial charge in [-0.3, -0.25) is 4.68 Å². The molecule has 2 atom stereocenters. The quantitative estimate of drug-likeness (QED) is 0.680. The van der Waals surface area contributed by atoms with Crippen LogP contribution in [0.1, 0.15) is 50.6 Å². The molecule has 2 rings (SSSR count).